The van der Waals surface area contributed by atoms with Crippen LogP contribution in [0.5, 0.6) is 0 Å². The SMILES string of the molecule is CCC1CC(C)CCC12CCCC2OC. The first-order valence-electron chi connectivity index (χ1n) is 6.75. The minimum Gasteiger partial charge on any atom is -0.381 e. The smallest absolute Gasteiger partial charge is 0.0630 e. The Hall–Kier alpha value is -0.0400. The van der Waals surface area contributed by atoms with E-state index < -0.39 is 0 Å². The van der Waals surface area contributed by atoms with Gasteiger partial charge in [-0.1, -0.05) is 33.1 Å². The van der Waals surface area contributed by atoms with Crippen molar-refractivity contribution < 1.29 is 4.74 Å². The molecule has 0 aliphatic heterocycles. The van der Waals surface area contributed by atoms with Gasteiger partial charge in [0.15, 0.2) is 0 Å². The van der Waals surface area contributed by atoms with Gasteiger partial charge in [-0.05, 0) is 42.9 Å². The van der Waals surface area contributed by atoms with Gasteiger partial charge in [0.2, 0.25) is 0 Å². The fraction of sp³-hybridized carbons (Fsp3) is 1.00. The summed E-state index contributed by atoms with van der Waals surface area (Å²) in [6.07, 6.45) is 10.3. The van der Waals surface area contributed by atoms with Crippen LogP contribution in [0.2, 0.25) is 0 Å². The molecule has 0 aromatic carbocycles. The van der Waals surface area contributed by atoms with Crippen molar-refractivity contribution in [1.29, 1.82) is 0 Å². The topological polar surface area (TPSA) is 9.23 Å². The molecule has 0 aromatic rings. The van der Waals surface area contributed by atoms with Gasteiger partial charge >= 0.3 is 0 Å². The summed E-state index contributed by atoms with van der Waals surface area (Å²) >= 11 is 0. The number of hydrogen-bond donors (Lipinski definition) is 0. The van der Waals surface area contributed by atoms with Crippen LogP contribution in [0.4, 0.5) is 0 Å². The van der Waals surface area contributed by atoms with E-state index in [1.807, 2.05) is 7.11 Å². The van der Waals surface area contributed by atoms with Gasteiger partial charge in [0.1, 0.15) is 0 Å². The highest BCUT2D eigenvalue weighted by Crippen LogP contribution is 2.55. The lowest BCUT2D eigenvalue weighted by molar-refractivity contribution is -0.0586. The summed E-state index contributed by atoms with van der Waals surface area (Å²) in [4.78, 5) is 0. The molecular formula is C14H26O. The lowest BCUT2D eigenvalue weighted by Crippen LogP contribution is -2.42. The standard InChI is InChI=1S/C14H26O/c1-4-12-10-11(2)7-9-14(12)8-5-6-13(14)15-3/h11-13H,4-10H2,1-3H3. The second-order valence-corrected chi connectivity index (χ2v) is 5.83. The summed E-state index contributed by atoms with van der Waals surface area (Å²) in [5, 5.41) is 0. The van der Waals surface area contributed by atoms with Crippen molar-refractivity contribution in [1.82, 2.24) is 0 Å². The summed E-state index contributed by atoms with van der Waals surface area (Å²) in [7, 11) is 1.92. The Bertz CT molecular complexity index is 213. The first-order chi connectivity index (χ1) is 7.23. The first kappa shape index (κ1) is 11.4. The Labute approximate surface area is 94.6 Å². The Morgan fingerprint density at radius 2 is 2.07 bits per heavy atom. The van der Waals surface area contributed by atoms with Crippen LogP contribution < -0.4 is 0 Å². The van der Waals surface area contributed by atoms with Crippen molar-refractivity contribution in [2.75, 3.05) is 7.11 Å². The number of ether oxygens (including phenoxy) is 1. The Morgan fingerprint density at radius 1 is 1.27 bits per heavy atom. The highest BCUT2D eigenvalue weighted by atomic mass is 16.5. The molecule has 0 aromatic heterocycles. The maximum atomic E-state index is 5.77. The third kappa shape index (κ3) is 1.84. The molecular weight excluding hydrogens is 184 g/mol. The van der Waals surface area contributed by atoms with Gasteiger partial charge in [-0.2, -0.15) is 0 Å². The molecule has 2 aliphatic carbocycles. The molecule has 0 heterocycles. The quantitative estimate of drug-likeness (QED) is 0.669. The van der Waals surface area contributed by atoms with Crippen LogP contribution in [0, 0.1) is 17.3 Å². The maximum absolute atomic E-state index is 5.77. The zero-order valence-electron chi connectivity index (χ0n) is 10.6. The first-order valence-corrected chi connectivity index (χ1v) is 6.75. The summed E-state index contributed by atoms with van der Waals surface area (Å²) in [5.41, 5.74) is 0.565. The normalized spacial score (nSPS) is 46.2. The number of hydrogen-bond acceptors (Lipinski definition) is 1. The molecule has 1 spiro atoms. The van der Waals surface area contributed by atoms with Crippen LogP contribution in [0.15, 0.2) is 0 Å². The number of rotatable bonds is 2. The van der Waals surface area contributed by atoms with Gasteiger partial charge in [-0.3, -0.25) is 0 Å². The van der Waals surface area contributed by atoms with Gasteiger partial charge in [-0.15, -0.1) is 0 Å². The predicted molar refractivity (Wildman–Crippen MR) is 63.9 cm³/mol. The van der Waals surface area contributed by atoms with Crippen molar-refractivity contribution in [2.24, 2.45) is 17.3 Å². The van der Waals surface area contributed by atoms with Crippen molar-refractivity contribution in [3.05, 3.63) is 0 Å². The molecule has 1 nitrogen and oxygen atoms in total. The number of methoxy groups -OCH3 is 1. The van der Waals surface area contributed by atoms with E-state index in [0.717, 1.165) is 11.8 Å². The lowest BCUT2D eigenvalue weighted by Gasteiger charge is -2.47. The highest BCUT2D eigenvalue weighted by molar-refractivity contribution is 5.00. The van der Waals surface area contributed by atoms with Gasteiger partial charge in [0, 0.05) is 7.11 Å². The lowest BCUT2D eigenvalue weighted by atomic mass is 9.60. The van der Waals surface area contributed by atoms with E-state index in [2.05, 4.69) is 13.8 Å². The van der Waals surface area contributed by atoms with E-state index in [1.54, 1.807) is 0 Å². The third-order valence-electron chi connectivity index (χ3n) is 5.13. The average Bonchev–Trinajstić information content (AvgIpc) is 2.66. The van der Waals surface area contributed by atoms with E-state index in [-0.39, 0.29) is 0 Å². The minimum absolute atomic E-state index is 0.565. The molecule has 0 radical (unpaired) electrons. The van der Waals surface area contributed by atoms with Crippen LogP contribution in [-0.4, -0.2) is 13.2 Å². The molecule has 2 rings (SSSR count). The molecule has 2 fully saturated rings. The molecule has 0 saturated heterocycles. The van der Waals surface area contributed by atoms with E-state index >= 15 is 0 Å². The van der Waals surface area contributed by atoms with E-state index in [0.29, 0.717) is 11.5 Å². The summed E-state index contributed by atoms with van der Waals surface area (Å²) < 4.78 is 5.77. The van der Waals surface area contributed by atoms with Crippen molar-refractivity contribution in [3.63, 3.8) is 0 Å². The molecule has 0 bridgehead atoms. The third-order valence-corrected chi connectivity index (χ3v) is 5.13. The monoisotopic (exact) mass is 210 g/mol. The predicted octanol–water partition coefficient (Wildman–Crippen LogP) is 4.02. The molecule has 1 heteroatoms. The maximum Gasteiger partial charge on any atom is 0.0630 e. The fourth-order valence-electron chi connectivity index (χ4n) is 4.30. The average molecular weight is 210 g/mol. The fourth-order valence-corrected chi connectivity index (χ4v) is 4.30. The highest BCUT2D eigenvalue weighted by Gasteiger charge is 2.49. The largest absolute Gasteiger partial charge is 0.381 e. The molecule has 15 heavy (non-hydrogen) atoms. The van der Waals surface area contributed by atoms with Gasteiger partial charge < -0.3 is 4.74 Å². The Kier molecular flexibility index (Phi) is 3.39. The molecule has 2 saturated carbocycles. The summed E-state index contributed by atoms with van der Waals surface area (Å²) in [6, 6.07) is 0. The summed E-state index contributed by atoms with van der Waals surface area (Å²) in [5.74, 6) is 1.87. The summed E-state index contributed by atoms with van der Waals surface area (Å²) in [6.45, 7) is 4.79. The zero-order valence-corrected chi connectivity index (χ0v) is 10.6. The molecule has 0 N–H and O–H groups in total. The minimum atomic E-state index is 0.565. The molecule has 0 amide bonds. The molecule has 88 valence electrons. The van der Waals surface area contributed by atoms with Crippen molar-refractivity contribution in [2.45, 2.75) is 64.9 Å². The van der Waals surface area contributed by atoms with E-state index in [9.17, 15) is 0 Å². The van der Waals surface area contributed by atoms with Crippen LogP contribution in [0.25, 0.3) is 0 Å². The van der Waals surface area contributed by atoms with Gasteiger partial charge in [0.05, 0.1) is 6.10 Å². The van der Waals surface area contributed by atoms with Crippen molar-refractivity contribution >= 4 is 0 Å². The Morgan fingerprint density at radius 3 is 2.73 bits per heavy atom. The second kappa shape index (κ2) is 4.45. The van der Waals surface area contributed by atoms with Gasteiger partial charge in [-0.25, -0.2) is 0 Å². The molecule has 4 atom stereocenters. The van der Waals surface area contributed by atoms with Crippen LogP contribution in [0.1, 0.15) is 58.8 Å². The van der Waals surface area contributed by atoms with Crippen LogP contribution in [0.3, 0.4) is 0 Å². The zero-order chi connectivity index (χ0) is 10.9. The van der Waals surface area contributed by atoms with Crippen LogP contribution >= 0.6 is 0 Å². The van der Waals surface area contributed by atoms with Crippen LogP contribution in [-0.2, 0) is 4.74 Å². The van der Waals surface area contributed by atoms with Gasteiger partial charge in [0.25, 0.3) is 0 Å². The molecule has 4 unspecified atom stereocenters. The van der Waals surface area contributed by atoms with E-state index in [1.165, 1.54) is 44.9 Å². The second-order valence-electron chi connectivity index (χ2n) is 5.83. The Balaban J connectivity index is 2.16. The molecule has 2 aliphatic rings. The van der Waals surface area contributed by atoms with E-state index in [4.69, 9.17) is 4.74 Å². The van der Waals surface area contributed by atoms with Crippen molar-refractivity contribution in [3.8, 4) is 0 Å².